The van der Waals surface area contributed by atoms with Crippen LogP contribution >= 0.6 is 9.90 Å². The maximum Gasteiger partial charge on any atom is 1.00 e. The molecule has 0 bridgehead atoms. The van der Waals surface area contributed by atoms with Gasteiger partial charge in [-0.2, -0.15) is 0 Å². The van der Waals surface area contributed by atoms with Crippen LogP contribution in [-0.4, -0.2) is 49.8 Å². The van der Waals surface area contributed by atoms with Gasteiger partial charge in [-0.3, -0.25) is 9.59 Å². The summed E-state index contributed by atoms with van der Waals surface area (Å²) >= 11 is 0. The molecule has 0 atom stereocenters. The van der Waals surface area contributed by atoms with Gasteiger partial charge >= 0.3 is 57.4 Å². The maximum absolute atomic E-state index is 11.6. The summed E-state index contributed by atoms with van der Waals surface area (Å²) in [4.78, 5) is 44.0. The quantitative estimate of drug-likeness (QED) is 0.149. The number of para-hydroxylation sites is 2. The van der Waals surface area contributed by atoms with Crippen LogP contribution in [0.2, 0.25) is 0 Å². The Hall–Kier alpha value is -1.65. The maximum atomic E-state index is 11.6. The van der Waals surface area contributed by atoms with E-state index in [0.717, 1.165) is 0 Å². The van der Waals surface area contributed by atoms with Gasteiger partial charge in [-0.15, -0.1) is 0 Å². The Labute approximate surface area is 225 Å². The van der Waals surface area contributed by atoms with E-state index in [-0.39, 0.29) is 90.2 Å². The summed E-state index contributed by atoms with van der Waals surface area (Å²) in [5, 5.41) is 10.3. The Morgan fingerprint density at radius 1 is 0.806 bits per heavy atom. The van der Waals surface area contributed by atoms with Crippen LogP contribution in [0.15, 0.2) is 48.5 Å². The smallest absolute Gasteiger partial charge is 0.870 e. The minimum Gasteiger partial charge on any atom is -0.870 e. The van der Waals surface area contributed by atoms with Gasteiger partial charge in [0.05, 0.1) is 32.0 Å². The van der Waals surface area contributed by atoms with Crippen LogP contribution in [0.5, 0.6) is 11.5 Å². The number of rotatable bonds is 7. The van der Waals surface area contributed by atoms with Crippen molar-refractivity contribution in [3.05, 3.63) is 59.7 Å². The first-order valence-electron chi connectivity index (χ1n) is 8.10. The number of benzene rings is 2. The average Bonchev–Trinajstić information content (AvgIpc) is 2.73. The number of carboxylic acids is 1. The van der Waals surface area contributed by atoms with Crippen LogP contribution in [-0.2, 0) is 14.3 Å². The third-order valence-corrected chi connectivity index (χ3v) is 3.35. The molecule has 0 aliphatic heterocycles. The molecule has 2 aromatic carbocycles. The van der Waals surface area contributed by atoms with Crippen molar-refractivity contribution >= 4 is 33.4 Å². The van der Waals surface area contributed by atoms with E-state index in [2.05, 4.69) is 4.74 Å². The Kier molecular flexibility index (Phi) is 19.7. The number of ketones is 2. The number of Topliss-reactive ketones (excluding diaryl/α,β-unsaturated/α-hetero) is 2. The molecule has 0 saturated heterocycles. The Morgan fingerprint density at radius 3 is 1.55 bits per heavy atom. The molecule has 2 aromatic rings. The summed E-state index contributed by atoms with van der Waals surface area (Å²) in [6.45, 7) is 1.83. The van der Waals surface area contributed by atoms with Crippen LogP contribution in [0.25, 0.3) is 0 Å². The number of hydrogen-bond donors (Lipinski definition) is 0. The monoisotopic (exact) mass is 476 g/mol. The Morgan fingerprint density at radius 2 is 1.19 bits per heavy atom. The number of aliphatic carboxylic acids is 1. The van der Waals surface area contributed by atoms with Crippen molar-refractivity contribution < 1.29 is 95.4 Å². The summed E-state index contributed by atoms with van der Waals surface area (Å²) in [5.74, 6) is -3.74. The molecular formula is C20H22KO9P-2. The van der Waals surface area contributed by atoms with Gasteiger partial charge in [0.2, 0.25) is 5.78 Å². The van der Waals surface area contributed by atoms with Gasteiger partial charge in [-0.25, -0.2) is 4.79 Å². The van der Waals surface area contributed by atoms with Gasteiger partial charge in [0.1, 0.15) is 17.5 Å². The van der Waals surface area contributed by atoms with E-state index in [4.69, 9.17) is 9.47 Å². The normalized spacial score (nSPS) is 8.48. The van der Waals surface area contributed by atoms with Crippen molar-refractivity contribution in [2.45, 2.75) is 6.92 Å². The van der Waals surface area contributed by atoms with Crippen LogP contribution < -0.4 is 66.0 Å². The molecular weight excluding hydrogens is 454 g/mol. The standard InChI is InChI=1S/C11H12O4.C9H8O4.K.H2O.H2P/c1-3-15-11(13)10(12)8-6-4-5-7-9(8)14-2;1-13-7-5-3-2-4-6(7)8(10)9(11)12;;;/h4-7H,3H2,1-2H3;2-5H,1H3,(H,11,12);;2*1H2/q;;+1;;-1/p-2. The van der Waals surface area contributed by atoms with E-state index in [1.54, 1.807) is 37.3 Å². The zero-order chi connectivity index (χ0) is 21.1. The Bertz CT molecular complexity index is 871. The molecule has 31 heavy (non-hydrogen) atoms. The number of carbonyl (C=O) groups excluding carboxylic acids is 4. The second-order valence-electron chi connectivity index (χ2n) is 5.07. The van der Waals surface area contributed by atoms with Crippen molar-refractivity contribution in [1.82, 2.24) is 0 Å². The summed E-state index contributed by atoms with van der Waals surface area (Å²) < 4.78 is 14.4. The van der Waals surface area contributed by atoms with E-state index >= 15 is 0 Å². The average molecular weight is 476 g/mol. The molecule has 11 heteroatoms. The van der Waals surface area contributed by atoms with Gasteiger partial charge < -0.3 is 39.5 Å². The number of methoxy groups -OCH3 is 2. The SMILES string of the molecule is CCOC(=O)C(=O)c1ccccc1OC.COc1ccccc1C(=O)C(=O)[O-].[K+].[OH-].[PH2-]. The molecule has 0 fully saturated rings. The van der Waals surface area contributed by atoms with E-state index < -0.39 is 23.5 Å². The predicted octanol–water partition coefficient (Wildman–Crippen LogP) is -1.78. The molecule has 0 heterocycles. The third kappa shape index (κ3) is 10.5. The van der Waals surface area contributed by atoms with Crippen molar-refractivity contribution in [1.29, 1.82) is 0 Å². The van der Waals surface area contributed by atoms with E-state index in [1.807, 2.05) is 0 Å². The van der Waals surface area contributed by atoms with Crippen LogP contribution in [0.1, 0.15) is 27.6 Å². The molecule has 9 nitrogen and oxygen atoms in total. The van der Waals surface area contributed by atoms with Crippen LogP contribution in [0.4, 0.5) is 0 Å². The fraction of sp³-hybridized carbons (Fsp3) is 0.200. The zero-order valence-corrected chi connectivity index (χ0v) is 21.9. The molecule has 0 aliphatic rings. The first kappa shape index (κ1) is 34.0. The van der Waals surface area contributed by atoms with Crippen molar-refractivity contribution in [2.24, 2.45) is 0 Å². The molecule has 1 N–H and O–H groups in total. The Balaban J connectivity index is -0.000000465. The number of ether oxygens (including phenoxy) is 3. The summed E-state index contributed by atoms with van der Waals surface area (Å²) in [6.07, 6.45) is 0. The first-order chi connectivity index (χ1) is 13.4. The van der Waals surface area contributed by atoms with Gasteiger partial charge in [0, 0.05) is 0 Å². The van der Waals surface area contributed by atoms with Crippen molar-refractivity contribution in [3.8, 4) is 11.5 Å². The fourth-order valence-electron chi connectivity index (χ4n) is 2.08. The number of carboxylic acid groups (broad SMARTS) is 1. The molecule has 0 unspecified atom stereocenters. The van der Waals surface area contributed by atoms with Crippen LogP contribution in [0.3, 0.4) is 0 Å². The first-order valence-corrected chi connectivity index (χ1v) is 8.10. The fourth-order valence-corrected chi connectivity index (χ4v) is 2.08. The van der Waals surface area contributed by atoms with E-state index in [1.165, 1.54) is 32.4 Å². The molecule has 0 saturated carbocycles. The molecule has 0 aromatic heterocycles. The molecule has 0 amide bonds. The van der Waals surface area contributed by atoms with E-state index in [9.17, 15) is 24.3 Å². The summed E-state index contributed by atoms with van der Waals surface area (Å²) in [6, 6.07) is 12.6. The van der Waals surface area contributed by atoms with Gasteiger partial charge in [0.15, 0.2) is 0 Å². The summed E-state index contributed by atoms with van der Waals surface area (Å²) in [7, 11) is 2.80. The largest absolute Gasteiger partial charge is 1.00 e. The van der Waals surface area contributed by atoms with Gasteiger partial charge in [-0.05, 0) is 31.2 Å². The topological polar surface area (TPSA) is 149 Å². The van der Waals surface area contributed by atoms with Gasteiger partial charge in [0.25, 0.3) is 5.78 Å². The van der Waals surface area contributed by atoms with Crippen LogP contribution in [0, 0.1) is 0 Å². The molecule has 2 rings (SSSR count). The second kappa shape index (κ2) is 18.0. The molecule has 0 radical (unpaired) electrons. The summed E-state index contributed by atoms with van der Waals surface area (Å²) in [5.41, 5.74) is 0.225. The van der Waals surface area contributed by atoms with Gasteiger partial charge in [-0.1, -0.05) is 24.3 Å². The molecule has 0 aliphatic carbocycles. The van der Waals surface area contributed by atoms with Crippen molar-refractivity contribution in [3.63, 3.8) is 0 Å². The minimum absolute atomic E-state index is 0. The number of carbonyl (C=O) groups is 4. The second-order valence-corrected chi connectivity index (χ2v) is 5.07. The number of esters is 1. The molecule has 164 valence electrons. The third-order valence-electron chi connectivity index (χ3n) is 3.35. The van der Waals surface area contributed by atoms with Crippen molar-refractivity contribution in [2.75, 3.05) is 20.8 Å². The molecule has 0 spiro atoms. The number of hydrogen-bond acceptors (Lipinski definition) is 9. The predicted molar refractivity (Wildman–Crippen MR) is 108 cm³/mol. The minimum atomic E-state index is -1.73. The zero-order valence-electron chi connectivity index (χ0n) is 17.6. The van der Waals surface area contributed by atoms with E-state index in [0.29, 0.717) is 5.75 Å².